The van der Waals surface area contributed by atoms with Gasteiger partial charge in [-0.05, 0) is 71.1 Å². The Balaban J connectivity index is 1.97. The van der Waals surface area contributed by atoms with Crippen LogP contribution in [0.3, 0.4) is 0 Å². The molecule has 0 saturated carbocycles. The van der Waals surface area contributed by atoms with Crippen molar-refractivity contribution in [2.24, 2.45) is 0 Å². The molecule has 3 N–H and O–H groups in total. The van der Waals surface area contributed by atoms with Crippen LogP contribution in [-0.4, -0.2) is 10.2 Å². The normalized spacial score (nSPS) is 11.0. The molecule has 0 aliphatic rings. The van der Waals surface area contributed by atoms with Crippen molar-refractivity contribution in [2.75, 3.05) is 5.73 Å². The largest absolute Gasteiger partial charge is 0.398 e. The molecule has 0 unspecified atom stereocenters. The first kappa shape index (κ1) is 19.9. The zero-order chi connectivity index (χ0) is 22.0. The van der Waals surface area contributed by atoms with Crippen molar-refractivity contribution in [3.05, 3.63) is 88.4 Å². The zero-order valence-electron chi connectivity index (χ0n) is 16.8. The highest BCUT2D eigenvalue weighted by Gasteiger charge is 2.17. The van der Waals surface area contributed by atoms with Gasteiger partial charge in [0.1, 0.15) is 5.82 Å². The number of anilines is 1. The predicted octanol–water partition coefficient (Wildman–Crippen LogP) is 5.26. The number of H-pyrrole nitrogens is 1. The number of allylic oxidation sites excluding steroid dienone is 1. The molecule has 4 aromatic rings. The number of nitrogens with zero attached hydrogens (tertiary/aromatic N) is 3. The zero-order valence-corrected chi connectivity index (χ0v) is 16.8. The van der Waals surface area contributed by atoms with Gasteiger partial charge >= 0.3 is 0 Å². The van der Waals surface area contributed by atoms with Gasteiger partial charge in [0.25, 0.3) is 0 Å². The Morgan fingerprint density at radius 3 is 2.74 bits per heavy atom. The lowest BCUT2D eigenvalue weighted by Crippen LogP contribution is -2.01. The van der Waals surface area contributed by atoms with E-state index >= 15 is 0 Å². The van der Waals surface area contributed by atoms with Crippen molar-refractivity contribution in [3.63, 3.8) is 0 Å². The highest BCUT2D eigenvalue weighted by molar-refractivity contribution is 5.95. The molecule has 0 atom stereocenters. The Morgan fingerprint density at radius 1 is 1.13 bits per heavy atom. The molecule has 0 amide bonds. The Bertz CT molecular complexity index is 1420. The first-order chi connectivity index (χ1) is 15.0. The topological polar surface area (TPSA) is 102 Å². The molecule has 4 rings (SSSR count). The summed E-state index contributed by atoms with van der Waals surface area (Å²) in [5.41, 5.74) is 13.1. The lowest BCUT2D eigenvalue weighted by atomic mass is 9.88. The van der Waals surface area contributed by atoms with Crippen molar-refractivity contribution in [1.82, 2.24) is 10.2 Å². The average Bonchev–Trinajstić information content (AvgIpc) is 3.21. The van der Waals surface area contributed by atoms with E-state index in [1.54, 1.807) is 30.5 Å². The lowest BCUT2D eigenvalue weighted by Gasteiger charge is -2.17. The average molecular weight is 407 g/mol. The maximum atomic E-state index is 14.4. The van der Waals surface area contributed by atoms with Crippen LogP contribution in [0, 0.1) is 35.4 Å². The van der Waals surface area contributed by atoms with Crippen LogP contribution in [0.2, 0.25) is 0 Å². The van der Waals surface area contributed by atoms with E-state index in [9.17, 15) is 9.65 Å². The van der Waals surface area contributed by atoms with Gasteiger partial charge < -0.3 is 5.73 Å². The quantitative estimate of drug-likeness (QED) is 0.356. The summed E-state index contributed by atoms with van der Waals surface area (Å²) in [4.78, 5) is 0. The molecule has 1 heterocycles. The number of nitriles is 2. The molecule has 5 nitrogen and oxygen atoms in total. The van der Waals surface area contributed by atoms with Crippen molar-refractivity contribution in [3.8, 4) is 23.3 Å². The van der Waals surface area contributed by atoms with Crippen LogP contribution in [0.15, 0.2) is 54.7 Å². The van der Waals surface area contributed by atoms with Crippen LogP contribution in [0.25, 0.3) is 28.1 Å². The molecule has 6 heteroatoms. The van der Waals surface area contributed by atoms with Gasteiger partial charge in [0.15, 0.2) is 0 Å². The van der Waals surface area contributed by atoms with Crippen molar-refractivity contribution < 1.29 is 4.39 Å². The van der Waals surface area contributed by atoms with E-state index < -0.39 is 0 Å². The fraction of sp³-hybridized carbons (Fsp3) is 0.0800. The third kappa shape index (κ3) is 3.88. The van der Waals surface area contributed by atoms with Crippen LogP contribution in [-0.2, 0) is 6.42 Å². The number of aryl methyl sites for hydroxylation is 1. The van der Waals surface area contributed by atoms with Crippen LogP contribution < -0.4 is 5.73 Å². The van der Waals surface area contributed by atoms with Crippen LogP contribution in [0.1, 0.15) is 27.8 Å². The second-order valence-corrected chi connectivity index (χ2v) is 7.32. The number of benzene rings is 3. The summed E-state index contributed by atoms with van der Waals surface area (Å²) in [5, 5.41) is 25.9. The third-order valence-corrected chi connectivity index (χ3v) is 5.23. The summed E-state index contributed by atoms with van der Waals surface area (Å²) < 4.78 is 14.4. The van der Waals surface area contributed by atoms with E-state index in [1.807, 2.05) is 25.1 Å². The maximum absolute atomic E-state index is 14.4. The van der Waals surface area contributed by atoms with Gasteiger partial charge in [-0.2, -0.15) is 15.6 Å². The Kier molecular flexibility index (Phi) is 5.22. The van der Waals surface area contributed by atoms with E-state index in [2.05, 4.69) is 16.3 Å². The monoisotopic (exact) mass is 407 g/mol. The highest BCUT2D eigenvalue weighted by atomic mass is 19.1. The fourth-order valence-electron chi connectivity index (χ4n) is 3.90. The number of fused-ring (bicyclic) bond motifs is 1. The number of nitrogens with one attached hydrogen (secondary N) is 1. The molecule has 1 aromatic heterocycles. The number of nitrogen functional groups attached to an aromatic ring is 1. The highest BCUT2D eigenvalue weighted by Crippen LogP contribution is 2.36. The number of aromatic amines is 1. The summed E-state index contributed by atoms with van der Waals surface area (Å²) >= 11 is 0. The van der Waals surface area contributed by atoms with Gasteiger partial charge in [0, 0.05) is 29.1 Å². The SMILES string of the molecule is Cc1cc(/C=C/C#N)cc(Cc2cc(C#N)ccc2N)c1-c1cc(F)cc2cn[nH]c12. The summed E-state index contributed by atoms with van der Waals surface area (Å²) in [5.74, 6) is -0.353. The summed E-state index contributed by atoms with van der Waals surface area (Å²) in [6, 6.07) is 16.2. The van der Waals surface area contributed by atoms with Gasteiger partial charge in [0.05, 0.1) is 29.4 Å². The number of aromatic nitrogens is 2. The Hall–Kier alpha value is -4.42. The van der Waals surface area contributed by atoms with Gasteiger partial charge in [-0.3, -0.25) is 5.10 Å². The first-order valence-corrected chi connectivity index (χ1v) is 9.61. The molecule has 0 saturated heterocycles. The smallest absolute Gasteiger partial charge is 0.124 e. The van der Waals surface area contributed by atoms with E-state index in [1.165, 1.54) is 18.2 Å². The third-order valence-electron chi connectivity index (χ3n) is 5.23. The van der Waals surface area contributed by atoms with Crippen LogP contribution in [0.4, 0.5) is 10.1 Å². The van der Waals surface area contributed by atoms with E-state index in [4.69, 9.17) is 11.0 Å². The van der Waals surface area contributed by atoms with Gasteiger partial charge in [-0.1, -0.05) is 12.1 Å². The molecular formula is C25H18FN5. The van der Waals surface area contributed by atoms with Crippen molar-refractivity contribution in [2.45, 2.75) is 13.3 Å². The van der Waals surface area contributed by atoms with Gasteiger partial charge in [-0.25, -0.2) is 4.39 Å². The number of hydrogen-bond donors (Lipinski definition) is 2. The molecule has 3 aromatic carbocycles. The predicted molar refractivity (Wildman–Crippen MR) is 119 cm³/mol. The molecule has 0 fully saturated rings. The number of hydrogen-bond acceptors (Lipinski definition) is 4. The molecule has 0 aliphatic heterocycles. The minimum absolute atomic E-state index is 0.353. The molecular weight excluding hydrogens is 389 g/mol. The second-order valence-electron chi connectivity index (χ2n) is 7.32. The summed E-state index contributed by atoms with van der Waals surface area (Å²) in [6.45, 7) is 1.95. The second kappa shape index (κ2) is 8.14. The number of halogens is 1. The number of nitrogens with two attached hydrogens (primary N) is 1. The minimum atomic E-state index is -0.353. The van der Waals surface area contributed by atoms with E-state index in [0.717, 1.165) is 33.3 Å². The molecule has 0 bridgehead atoms. The number of rotatable bonds is 4. The molecule has 0 aliphatic carbocycles. The van der Waals surface area contributed by atoms with Crippen molar-refractivity contribution in [1.29, 1.82) is 10.5 Å². The first-order valence-electron chi connectivity index (χ1n) is 9.61. The Labute approximate surface area is 178 Å². The summed E-state index contributed by atoms with van der Waals surface area (Å²) in [6.07, 6.45) is 5.18. The van der Waals surface area contributed by atoms with Crippen LogP contribution >= 0.6 is 0 Å². The van der Waals surface area contributed by atoms with Crippen molar-refractivity contribution >= 4 is 22.7 Å². The maximum Gasteiger partial charge on any atom is 0.124 e. The summed E-state index contributed by atoms with van der Waals surface area (Å²) in [7, 11) is 0. The van der Waals surface area contributed by atoms with Gasteiger partial charge in [0.2, 0.25) is 0 Å². The molecule has 0 spiro atoms. The van der Waals surface area contributed by atoms with E-state index in [-0.39, 0.29) is 5.82 Å². The fourth-order valence-corrected chi connectivity index (χ4v) is 3.90. The lowest BCUT2D eigenvalue weighted by molar-refractivity contribution is 0.630. The van der Waals surface area contributed by atoms with Crippen LogP contribution in [0.5, 0.6) is 0 Å². The van der Waals surface area contributed by atoms with E-state index in [0.29, 0.717) is 28.6 Å². The molecule has 0 radical (unpaired) electrons. The Morgan fingerprint density at radius 2 is 1.97 bits per heavy atom. The standard InChI is InChI=1S/C25H18FN5/c1-15-7-16(3-2-6-27)8-19(10-18-9-17(13-28)4-5-23(18)29)24(15)22-12-21(26)11-20-14-30-31-25(20)22/h2-5,7-9,11-12,14H,10,29H2,1H3,(H,30,31)/b3-2+. The molecule has 31 heavy (non-hydrogen) atoms. The minimum Gasteiger partial charge on any atom is -0.398 e. The molecule has 150 valence electrons. The van der Waals surface area contributed by atoms with Gasteiger partial charge in [-0.15, -0.1) is 0 Å².